The van der Waals surface area contributed by atoms with Gasteiger partial charge in [0, 0.05) is 11.4 Å². The molecule has 1 fully saturated rings. The zero-order valence-corrected chi connectivity index (χ0v) is 15.5. The molecule has 5 nitrogen and oxygen atoms in total. The van der Waals surface area contributed by atoms with Crippen LogP contribution in [0, 0.1) is 12.7 Å². The maximum Gasteiger partial charge on any atom is 0.257 e. The summed E-state index contributed by atoms with van der Waals surface area (Å²) in [4.78, 5) is 31.1. The number of benzene rings is 1. The molecule has 2 amide bonds. The number of carbonyl (C=O) groups is 2. The van der Waals surface area contributed by atoms with Gasteiger partial charge in [-0.05, 0) is 31.9 Å². The summed E-state index contributed by atoms with van der Waals surface area (Å²) in [6.45, 7) is 1.75. The van der Waals surface area contributed by atoms with E-state index < -0.39 is 11.7 Å². The molecule has 1 aliphatic carbocycles. The summed E-state index contributed by atoms with van der Waals surface area (Å²) < 4.78 is 14.1. The van der Waals surface area contributed by atoms with Gasteiger partial charge in [-0.2, -0.15) is 0 Å². The van der Waals surface area contributed by atoms with Gasteiger partial charge in [0.15, 0.2) is 5.13 Å². The smallest absolute Gasteiger partial charge is 0.257 e. The van der Waals surface area contributed by atoms with E-state index in [0.717, 1.165) is 37.8 Å². The molecule has 0 bridgehead atoms. The number of nitrogens with zero attached hydrogens (tertiary/aromatic N) is 2. The van der Waals surface area contributed by atoms with Crippen molar-refractivity contribution in [1.82, 2.24) is 9.88 Å². The summed E-state index contributed by atoms with van der Waals surface area (Å²) in [5.41, 5.74) is 0.841. The number of aryl methyl sites for hydroxylation is 1. The van der Waals surface area contributed by atoms with Gasteiger partial charge in [-0.25, -0.2) is 9.37 Å². The maximum absolute atomic E-state index is 14.1. The highest BCUT2D eigenvalue weighted by Crippen LogP contribution is 2.25. The van der Waals surface area contributed by atoms with Gasteiger partial charge >= 0.3 is 0 Å². The first-order valence-electron chi connectivity index (χ1n) is 8.82. The summed E-state index contributed by atoms with van der Waals surface area (Å²) in [7, 11) is 0. The molecular formula is C19H22FN3O2S. The van der Waals surface area contributed by atoms with E-state index in [1.807, 2.05) is 12.3 Å². The van der Waals surface area contributed by atoms with Crippen LogP contribution >= 0.6 is 11.3 Å². The number of aromatic nitrogens is 1. The second kappa shape index (κ2) is 8.40. The van der Waals surface area contributed by atoms with Crippen molar-refractivity contribution in [1.29, 1.82) is 0 Å². The Morgan fingerprint density at radius 1 is 1.27 bits per heavy atom. The van der Waals surface area contributed by atoms with Crippen LogP contribution in [-0.2, 0) is 4.79 Å². The average Bonchev–Trinajstić information content (AvgIpc) is 3.05. The average molecular weight is 375 g/mol. The molecule has 0 unspecified atom stereocenters. The summed E-state index contributed by atoms with van der Waals surface area (Å²) in [5, 5.41) is 5.09. The molecule has 1 aromatic carbocycles. The van der Waals surface area contributed by atoms with E-state index in [0.29, 0.717) is 5.13 Å². The van der Waals surface area contributed by atoms with Crippen LogP contribution in [0.2, 0.25) is 0 Å². The van der Waals surface area contributed by atoms with Crippen LogP contribution in [0.3, 0.4) is 0 Å². The molecule has 0 atom stereocenters. The van der Waals surface area contributed by atoms with Crippen molar-refractivity contribution in [3.8, 4) is 0 Å². The zero-order valence-electron chi connectivity index (χ0n) is 14.7. The van der Waals surface area contributed by atoms with Crippen molar-refractivity contribution >= 4 is 28.3 Å². The van der Waals surface area contributed by atoms with Gasteiger partial charge in [-0.1, -0.05) is 31.4 Å². The third-order valence-electron chi connectivity index (χ3n) is 4.56. The fourth-order valence-corrected chi connectivity index (χ4v) is 3.98. The SMILES string of the molecule is Cc1csc(NC(=O)CN(C(=O)c2ccccc2F)C2CCCCC2)n1. The molecule has 26 heavy (non-hydrogen) atoms. The minimum absolute atomic E-state index is 0.0102. The number of rotatable bonds is 5. The van der Waals surface area contributed by atoms with Crippen molar-refractivity contribution in [2.75, 3.05) is 11.9 Å². The van der Waals surface area contributed by atoms with E-state index in [9.17, 15) is 14.0 Å². The van der Waals surface area contributed by atoms with Gasteiger partial charge in [0.2, 0.25) is 5.91 Å². The molecule has 7 heteroatoms. The van der Waals surface area contributed by atoms with Crippen LogP contribution in [0.25, 0.3) is 0 Å². The molecule has 0 radical (unpaired) electrons. The van der Waals surface area contributed by atoms with Crippen LogP contribution < -0.4 is 5.32 Å². The Labute approximate surface area is 156 Å². The number of nitrogens with one attached hydrogen (secondary N) is 1. The molecular weight excluding hydrogens is 353 g/mol. The highest BCUT2D eigenvalue weighted by atomic mass is 32.1. The second-order valence-corrected chi connectivity index (χ2v) is 7.41. The Morgan fingerprint density at radius 2 is 2.00 bits per heavy atom. The molecule has 1 saturated carbocycles. The minimum Gasteiger partial charge on any atom is -0.326 e. The number of anilines is 1. The van der Waals surface area contributed by atoms with Crippen LogP contribution in [0.1, 0.15) is 48.2 Å². The maximum atomic E-state index is 14.1. The summed E-state index contributed by atoms with van der Waals surface area (Å²) in [6.07, 6.45) is 4.83. The van der Waals surface area contributed by atoms with Crippen molar-refractivity contribution in [3.63, 3.8) is 0 Å². The zero-order chi connectivity index (χ0) is 18.5. The molecule has 1 aromatic heterocycles. The number of amides is 2. The lowest BCUT2D eigenvalue weighted by atomic mass is 9.93. The lowest BCUT2D eigenvalue weighted by Crippen LogP contribution is -2.46. The van der Waals surface area contributed by atoms with Gasteiger partial charge in [0.1, 0.15) is 12.4 Å². The topological polar surface area (TPSA) is 62.3 Å². The molecule has 2 aromatic rings. The third kappa shape index (κ3) is 4.46. The quantitative estimate of drug-likeness (QED) is 0.859. The van der Waals surface area contributed by atoms with Crippen LogP contribution in [0.5, 0.6) is 0 Å². The number of carbonyl (C=O) groups excluding carboxylic acids is 2. The third-order valence-corrected chi connectivity index (χ3v) is 5.44. The largest absolute Gasteiger partial charge is 0.326 e. The first-order valence-corrected chi connectivity index (χ1v) is 9.70. The van der Waals surface area contributed by atoms with E-state index in [1.54, 1.807) is 12.1 Å². The Morgan fingerprint density at radius 3 is 2.65 bits per heavy atom. The van der Waals surface area contributed by atoms with E-state index in [2.05, 4.69) is 10.3 Å². The highest BCUT2D eigenvalue weighted by molar-refractivity contribution is 7.13. The first-order chi connectivity index (χ1) is 12.5. The Kier molecular flexibility index (Phi) is 5.98. The predicted molar refractivity (Wildman–Crippen MR) is 99.8 cm³/mol. The number of hydrogen-bond acceptors (Lipinski definition) is 4. The van der Waals surface area contributed by atoms with Crippen molar-refractivity contribution in [2.45, 2.75) is 45.1 Å². The van der Waals surface area contributed by atoms with E-state index in [4.69, 9.17) is 0 Å². The van der Waals surface area contributed by atoms with Gasteiger partial charge in [-0.15, -0.1) is 11.3 Å². The Balaban J connectivity index is 1.77. The molecule has 1 heterocycles. The van der Waals surface area contributed by atoms with Crippen molar-refractivity contribution in [3.05, 3.63) is 46.7 Å². The summed E-state index contributed by atoms with van der Waals surface area (Å²) >= 11 is 1.34. The fourth-order valence-electron chi connectivity index (χ4n) is 3.27. The summed E-state index contributed by atoms with van der Waals surface area (Å²) in [5.74, 6) is -1.30. The number of hydrogen-bond donors (Lipinski definition) is 1. The molecule has 138 valence electrons. The lowest BCUT2D eigenvalue weighted by Gasteiger charge is -2.34. The van der Waals surface area contributed by atoms with Crippen LogP contribution in [0.4, 0.5) is 9.52 Å². The molecule has 1 aliphatic rings. The summed E-state index contributed by atoms with van der Waals surface area (Å²) in [6, 6.07) is 5.88. The normalized spacial score (nSPS) is 14.8. The monoisotopic (exact) mass is 375 g/mol. The fraction of sp³-hybridized carbons (Fsp3) is 0.421. The lowest BCUT2D eigenvalue weighted by molar-refractivity contribution is -0.117. The van der Waals surface area contributed by atoms with E-state index in [-0.39, 0.29) is 24.1 Å². The van der Waals surface area contributed by atoms with Gasteiger partial charge in [0.25, 0.3) is 5.91 Å². The molecule has 0 saturated heterocycles. The highest BCUT2D eigenvalue weighted by Gasteiger charge is 2.29. The Hall–Kier alpha value is -2.28. The molecule has 0 aliphatic heterocycles. The van der Waals surface area contributed by atoms with Crippen molar-refractivity contribution in [2.24, 2.45) is 0 Å². The molecule has 0 spiro atoms. The van der Waals surface area contributed by atoms with Gasteiger partial charge in [-0.3, -0.25) is 9.59 Å². The number of thiazole rings is 1. The van der Waals surface area contributed by atoms with Gasteiger partial charge in [0.05, 0.1) is 11.3 Å². The van der Waals surface area contributed by atoms with Crippen LogP contribution in [-0.4, -0.2) is 34.3 Å². The predicted octanol–water partition coefficient (Wildman–Crippen LogP) is 4.00. The molecule has 3 rings (SSSR count). The van der Waals surface area contributed by atoms with E-state index in [1.165, 1.54) is 28.4 Å². The Bertz CT molecular complexity index is 787. The molecule has 1 N–H and O–H groups in total. The van der Waals surface area contributed by atoms with Crippen molar-refractivity contribution < 1.29 is 14.0 Å². The second-order valence-electron chi connectivity index (χ2n) is 6.55. The van der Waals surface area contributed by atoms with Crippen LogP contribution in [0.15, 0.2) is 29.6 Å². The minimum atomic E-state index is -0.561. The van der Waals surface area contributed by atoms with Gasteiger partial charge < -0.3 is 10.2 Å². The number of halogens is 1. The standard InChI is InChI=1S/C19H22FN3O2S/c1-13-12-26-19(21-13)22-17(24)11-23(14-7-3-2-4-8-14)18(25)15-9-5-6-10-16(15)20/h5-6,9-10,12,14H,2-4,7-8,11H2,1H3,(H,21,22,24). The van der Waals surface area contributed by atoms with E-state index >= 15 is 0 Å². The first kappa shape index (κ1) is 18.5.